The van der Waals surface area contributed by atoms with Crippen LogP contribution in [0.15, 0.2) is 39.9 Å². The standard InChI is InChI=1S/C11H11BrF3N3O.C6H5NO3/c12-7-2-5(16)1-6(9(7)13)11(10(14)15)4-19-3-8(17)18-11;8-4-2-1-3-7-5(4)6(9)10/h1-2,10H,3-4,16H2,(H2,17,18);1-3,8H,(H,9,10)/t11-;/m0./s1. The fourth-order valence-electron chi connectivity index (χ4n) is 2.49. The Labute approximate surface area is 171 Å². The van der Waals surface area contributed by atoms with Crippen LogP contribution in [-0.2, 0) is 10.3 Å². The fraction of sp³-hybridized carbons (Fsp3) is 0.235. The molecule has 3 rings (SSSR count). The van der Waals surface area contributed by atoms with Crippen LogP contribution in [0.25, 0.3) is 0 Å². The average Bonchev–Trinajstić information content (AvgIpc) is 2.65. The molecule has 0 saturated heterocycles. The number of carbonyl (C=O) groups is 1. The van der Waals surface area contributed by atoms with E-state index in [4.69, 9.17) is 26.4 Å². The SMILES string of the molecule is NC1=N[C@@](c2cc(N)cc(Br)c2F)(C(F)F)COC1.O=C(O)c1ncccc1O. The molecule has 0 fully saturated rings. The number of anilines is 1. The fourth-order valence-corrected chi connectivity index (χ4v) is 2.96. The zero-order chi connectivity index (χ0) is 21.8. The molecule has 0 radical (unpaired) electrons. The number of aromatic carboxylic acids is 1. The van der Waals surface area contributed by atoms with Gasteiger partial charge in [-0.2, -0.15) is 0 Å². The van der Waals surface area contributed by atoms with Gasteiger partial charge >= 0.3 is 5.97 Å². The molecule has 1 aromatic heterocycles. The van der Waals surface area contributed by atoms with Crippen LogP contribution in [0.1, 0.15) is 16.1 Å². The minimum atomic E-state index is -2.98. The Balaban J connectivity index is 0.000000253. The van der Waals surface area contributed by atoms with Crippen LogP contribution in [0.4, 0.5) is 18.9 Å². The molecule has 1 aliphatic heterocycles. The quantitative estimate of drug-likeness (QED) is 0.498. The van der Waals surface area contributed by atoms with Crippen molar-refractivity contribution in [2.75, 3.05) is 18.9 Å². The smallest absolute Gasteiger partial charge is 0.358 e. The van der Waals surface area contributed by atoms with Gasteiger partial charge in [-0.1, -0.05) is 0 Å². The third-order valence-corrected chi connectivity index (χ3v) is 4.36. The Morgan fingerprint density at radius 1 is 1.34 bits per heavy atom. The van der Waals surface area contributed by atoms with Gasteiger partial charge in [-0.25, -0.2) is 22.9 Å². The van der Waals surface area contributed by atoms with E-state index in [9.17, 15) is 18.0 Å². The minimum Gasteiger partial charge on any atom is -0.505 e. The highest BCUT2D eigenvalue weighted by atomic mass is 79.9. The number of ether oxygens (including phenoxy) is 1. The van der Waals surface area contributed by atoms with Crippen LogP contribution >= 0.6 is 15.9 Å². The zero-order valence-electron chi connectivity index (χ0n) is 14.7. The van der Waals surface area contributed by atoms with Crippen molar-refractivity contribution in [3.63, 3.8) is 0 Å². The molecule has 2 heterocycles. The van der Waals surface area contributed by atoms with Crippen molar-refractivity contribution in [1.29, 1.82) is 0 Å². The van der Waals surface area contributed by atoms with Crippen LogP contribution in [0.2, 0.25) is 0 Å². The van der Waals surface area contributed by atoms with E-state index >= 15 is 0 Å². The van der Waals surface area contributed by atoms with Crippen LogP contribution in [0, 0.1) is 5.82 Å². The molecule has 8 nitrogen and oxygen atoms in total. The van der Waals surface area contributed by atoms with Crippen molar-refractivity contribution in [1.82, 2.24) is 4.98 Å². The summed E-state index contributed by atoms with van der Waals surface area (Å²) in [6.45, 7) is -0.516. The predicted octanol–water partition coefficient (Wildman–Crippen LogP) is 2.50. The monoisotopic (exact) mass is 476 g/mol. The van der Waals surface area contributed by atoms with Gasteiger partial charge in [0.2, 0.25) is 0 Å². The number of halogens is 4. The van der Waals surface area contributed by atoms with E-state index in [1.165, 1.54) is 24.4 Å². The second kappa shape index (κ2) is 9.09. The number of carboxylic acid groups (broad SMARTS) is 1. The summed E-state index contributed by atoms with van der Waals surface area (Å²) in [5.41, 5.74) is 8.33. The first kappa shape index (κ1) is 22.4. The number of benzene rings is 1. The summed E-state index contributed by atoms with van der Waals surface area (Å²) in [5.74, 6) is -2.49. The maximum atomic E-state index is 14.1. The normalized spacial score (nSPS) is 18.6. The van der Waals surface area contributed by atoms with Crippen molar-refractivity contribution in [2.24, 2.45) is 10.7 Å². The van der Waals surface area contributed by atoms with Gasteiger partial charge < -0.3 is 26.4 Å². The maximum Gasteiger partial charge on any atom is 0.358 e. The summed E-state index contributed by atoms with van der Waals surface area (Å²) in [6, 6.07) is 5.14. The number of nitrogen functional groups attached to an aromatic ring is 1. The highest BCUT2D eigenvalue weighted by molar-refractivity contribution is 9.10. The van der Waals surface area contributed by atoms with Crippen molar-refractivity contribution in [3.05, 3.63) is 52.0 Å². The van der Waals surface area contributed by atoms with Gasteiger partial charge in [0, 0.05) is 17.4 Å². The van der Waals surface area contributed by atoms with E-state index in [1.54, 1.807) is 0 Å². The predicted molar refractivity (Wildman–Crippen MR) is 101 cm³/mol. The molecule has 2 aromatic rings. The van der Waals surface area contributed by atoms with Crippen LogP contribution < -0.4 is 11.5 Å². The summed E-state index contributed by atoms with van der Waals surface area (Å²) in [5, 5.41) is 17.2. The molecular formula is C17H16BrF3N4O4. The number of nitrogens with zero attached hydrogens (tertiary/aromatic N) is 2. The molecule has 1 atom stereocenters. The number of hydrogen-bond donors (Lipinski definition) is 4. The molecule has 12 heteroatoms. The summed E-state index contributed by atoms with van der Waals surface area (Å²) < 4.78 is 45.9. The second-order valence-corrected chi connectivity index (χ2v) is 6.72. The molecule has 0 saturated carbocycles. The van der Waals surface area contributed by atoms with Gasteiger partial charge in [0.25, 0.3) is 6.43 Å². The second-order valence-electron chi connectivity index (χ2n) is 5.86. The Morgan fingerprint density at radius 2 is 2.03 bits per heavy atom. The molecule has 0 amide bonds. The number of alkyl halides is 2. The van der Waals surface area contributed by atoms with Crippen LogP contribution in [0.5, 0.6) is 5.75 Å². The van der Waals surface area contributed by atoms with E-state index in [-0.39, 0.29) is 39.6 Å². The molecule has 6 N–H and O–H groups in total. The molecule has 156 valence electrons. The van der Waals surface area contributed by atoms with Crippen molar-refractivity contribution in [3.8, 4) is 5.75 Å². The van der Waals surface area contributed by atoms with Crippen molar-refractivity contribution >= 4 is 33.4 Å². The molecule has 0 unspecified atom stereocenters. The number of nitrogens with two attached hydrogens (primary N) is 2. The number of aromatic nitrogens is 1. The Bertz CT molecular complexity index is 945. The van der Waals surface area contributed by atoms with Crippen LogP contribution in [0.3, 0.4) is 0 Å². The third kappa shape index (κ3) is 4.95. The minimum absolute atomic E-state index is 0.0122. The Morgan fingerprint density at radius 3 is 2.55 bits per heavy atom. The summed E-state index contributed by atoms with van der Waals surface area (Å²) in [6.07, 6.45) is -1.67. The highest BCUT2D eigenvalue weighted by Gasteiger charge is 2.46. The highest BCUT2D eigenvalue weighted by Crippen LogP contribution is 2.39. The largest absolute Gasteiger partial charge is 0.505 e. The molecule has 1 aromatic carbocycles. The maximum absolute atomic E-state index is 14.1. The van der Waals surface area contributed by atoms with E-state index in [2.05, 4.69) is 25.9 Å². The molecule has 0 bridgehead atoms. The molecular weight excluding hydrogens is 461 g/mol. The van der Waals surface area contributed by atoms with E-state index in [1.807, 2.05) is 0 Å². The van der Waals surface area contributed by atoms with E-state index in [0.717, 1.165) is 6.07 Å². The molecule has 1 aliphatic rings. The first-order valence-corrected chi connectivity index (χ1v) is 8.70. The van der Waals surface area contributed by atoms with Gasteiger partial charge in [0.05, 0.1) is 11.1 Å². The number of amidine groups is 1. The molecule has 29 heavy (non-hydrogen) atoms. The van der Waals surface area contributed by atoms with Gasteiger partial charge in [0.15, 0.2) is 11.2 Å². The third-order valence-electron chi connectivity index (χ3n) is 3.78. The van der Waals surface area contributed by atoms with E-state index < -0.39 is 30.4 Å². The lowest BCUT2D eigenvalue weighted by molar-refractivity contribution is -0.0146. The van der Waals surface area contributed by atoms with Crippen LogP contribution in [-0.4, -0.2) is 46.6 Å². The zero-order valence-corrected chi connectivity index (χ0v) is 16.2. The Hall–Kier alpha value is -2.86. The number of hydrogen-bond acceptors (Lipinski definition) is 7. The summed E-state index contributed by atoms with van der Waals surface area (Å²) in [7, 11) is 0. The topological polar surface area (TPSA) is 144 Å². The number of carboxylic acids is 1. The number of aliphatic imine (C=N–C) groups is 1. The van der Waals surface area contributed by atoms with E-state index in [0.29, 0.717) is 0 Å². The number of aromatic hydroxyl groups is 1. The first-order chi connectivity index (χ1) is 13.6. The molecule has 0 aliphatic carbocycles. The lowest BCUT2D eigenvalue weighted by atomic mass is 9.90. The van der Waals surface area contributed by atoms with Gasteiger partial charge in [-0.15, -0.1) is 0 Å². The Kier molecular flexibility index (Phi) is 7.03. The van der Waals surface area contributed by atoms with Gasteiger partial charge in [-0.3, -0.25) is 4.99 Å². The lowest BCUT2D eigenvalue weighted by Gasteiger charge is -2.33. The number of rotatable bonds is 3. The lowest BCUT2D eigenvalue weighted by Crippen LogP contribution is -2.45. The van der Waals surface area contributed by atoms with Gasteiger partial charge in [0.1, 0.15) is 24.0 Å². The van der Waals surface area contributed by atoms with Gasteiger partial charge in [-0.05, 0) is 40.2 Å². The summed E-state index contributed by atoms with van der Waals surface area (Å²) >= 11 is 2.93. The van der Waals surface area contributed by atoms with Crippen molar-refractivity contribution in [2.45, 2.75) is 12.0 Å². The molecule has 0 spiro atoms. The first-order valence-electron chi connectivity index (χ1n) is 7.91. The average molecular weight is 477 g/mol. The van der Waals surface area contributed by atoms with Crippen molar-refractivity contribution < 1.29 is 32.9 Å². The number of pyridine rings is 1. The summed E-state index contributed by atoms with van der Waals surface area (Å²) in [4.78, 5) is 17.4.